The monoisotopic (exact) mass is 286 g/mol. The fourth-order valence-electron chi connectivity index (χ4n) is 1.48. The molecule has 0 aliphatic rings. The van der Waals surface area contributed by atoms with Gasteiger partial charge in [0.05, 0.1) is 7.11 Å². The van der Waals surface area contributed by atoms with E-state index in [0.29, 0.717) is 0 Å². The van der Waals surface area contributed by atoms with E-state index in [1.54, 1.807) is 12.1 Å². The Morgan fingerprint density at radius 3 is 2.38 bits per heavy atom. The molecule has 0 saturated heterocycles. The quantitative estimate of drug-likeness (QED) is 0.504. The molecule has 7 heteroatoms. The molecule has 7 nitrogen and oxygen atoms in total. The van der Waals surface area contributed by atoms with Gasteiger partial charge in [-0.2, -0.15) is 10.5 Å². The van der Waals surface area contributed by atoms with Crippen LogP contribution < -0.4 is 4.74 Å². The number of ether oxygens (including phenoxy) is 2. The largest absolute Gasteiger partial charge is 0.506 e. The molecule has 0 aliphatic heterocycles. The summed E-state index contributed by atoms with van der Waals surface area (Å²) in [5.41, 5.74) is -0.576. The summed E-state index contributed by atoms with van der Waals surface area (Å²) in [6.45, 7) is 1.13. The number of rotatable bonds is 3. The third-order valence-electron chi connectivity index (χ3n) is 2.37. The SMILES string of the molecule is COC(=O)/C=C/c1cc(OC(C)=O)c(C#N)c(C#N)c1O. The Balaban J connectivity index is 3.50. The number of benzene rings is 1. The van der Waals surface area contributed by atoms with Gasteiger partial charge in [-0.1, -0.05) is 0 Å². The molecule has 1 aromatic carbocycles. The zero-order valence-electron chi connectivity index (χ0n) is 11.2. The average molecular weight is 286 g/mol. The first-order valence-electron chi connectivity index (χ1n) is 5.59. The summed E-state index contributed by atoms with van der Waals surface area (Å²) < 4.78 is 9.23. The van der Waals surface area contributed by atoms with Crippen molar-refractivity contribution in [2.24, 2.45) is 0 Å². The lowest BCUT2D eigenvalue weighted by Gasteiger charge is -2.09. The van der Waals surface area contributed by atoms with E-state index >= 15 is 0 Å². The van der Waals surface area contributed by atoms with Crippen LogP contribution in [0.25, 0.3) is 6.08 Å². The molecule has 0 radical (unpaired) electrons. The summed E-state index contributed by atoms with van der Waals surface area (Å²) >= 11 is 0. The minimum absolute atomic E-state index is 0.0344. The van der Waals surface area contributed by atoms with Crippen LogP contribution in [-0.4, -0.2) is 24.2 Å². The fourth-order valence-corrected chi connectivity index (χ4v) is 1.48. The maximum Gasteiger partial charge on any atom is 0.330 e. The van der Waals surface area contributed by atoms with Crippen molar-refractivity contribution in [2.45, 2.75) is 6.92 Å². The predicted octanol–water partition coefficient (Wildman–Crippen LogP) is 1.25. The van der Waals surface area contributed by atoms with Gasteiger partial charge in [-0.3, -0.25) is 4.79 Å². The van der Waals surface area contributed by atoms with Crippen LogP contribution in [0.15, 0.2) is 12.1 Å². The lowest BCUT2D eigenvalue weighted by molar-refractivity contribution is -0.135. The Bertz CT molecular complexity index is 708. The molecular formula is C14H10N2O5. The zero-order chi connectivity index (χ0) is 16.0. The van der Waals surface area contributed by atoms with Gasteiger partial charge >= 0.3 is 11.9 Å². The molecule has 0 bridgehead atoms. The second-order valence-corrected chi connectivity index (χ2v) is 3.74. The van der Waals surface area contributed by atoms with Gasteiger partial charge in [-0.15, -0.1) is 0 Å². The van der Waals surface area contributed by atoms with E-state index in [-0.39, 0.29) is 22.4 Å². The van der Waals surface area contributed by atoms with Crippen LogP contribution in [0, 0.1) is 22.7 Å². The number of phenolic OH excluding ortho intramolecular Hbond substituents is 1. The molecule has 1 rings (SSSR count). The number of carbonyl (C=O) groups is 2. The van der Waals surface area contributed by atoms with Gasteiger partial charge in [0.15, 0.2) is 5.75 Å². The predicted molar refractivity (Wildman–Crippen MR) is 69.9 cm³/mol. The summed E-state index contributed by atoms with van der Waals surface area (Å²) in [5, 5.41) is 28.0. The Hall–Kier alpha value is -3.32. The highest BCUT2D eigenvalue weighted by Gasteiger charge is 2.19. The zero-order valence-corrected chi connectivity index (χ0v) is 11.2. The molecule has 0 unspecified atom stereocenters. The van der Waals surface area contributed by atoms with Gasteiger partial charge < -0.3 is 14.6 Å². The standard InChI is InChI=1S/C14H10N2O5/c1-8(17)21-12-5-9(3-4-13(18)20-2)14(19)11(7-16)10(12)6-15/h3-5,19H,1-2H3/b4-3+. The average Bonchev–Trinajstić information content (AvgIpc) is 2.45. The van der Waals surface area contributed by atoms with Crippen LogP contribution in [-0.2, 0) is 14.3 Å². The van der Waals surface area contributed by atoms with Gasteiger partial charge in [-0.05, 0) is 12.1 Å². The van der Waals surface area contributed by atoms with E-state index in [9.17, 15) is 14.7 Å². The number of nitriles is 2. The van der Waals surface area contributed by atoms with Crippen molar-refractivity contribution >= 4 is 18.0 Å². The van der Waals surface area contributed by atoms with Gasteiger partial charge in [-0.25, -0.2) is 4.79 Å². The molecule has 106 valence electrons. The summed E-state index contributed by atoms with van der Waals surface area (Å²) in [6.07, 6.45) is 2.19. The summed E-state index contributed by atoms with van der Waals surface area (Å²) in [4.78, 5) is 22.1. The van der Waals surface area contributed by atoms with Crippen molar-refractivity contribution in [3.8, 4) is 23.6 Å². The van der Waals surface area contributed by atoms with E-state index in [1.165, 1.54) is 19.3 Å². The summed E-state index contributed by atoms with van der Waals surface area (Å²) in [7, 11) is 1.18. The molecule has 1 aromatic rings. The van der Waals surface area contributed by atoms with E-state index in [4.69, 9.17) is 15.3 Å². The van der Waals surface area contributed by atoms with Crippen molar-refractivity contribution in [3.63, 3.8) is 0 Å². The summed E-state index contributed by atoms with van der Waals surface area (Å²) in [6, 6.07) is 4.52. The molecular weight excluding hydrogens is 276 g/mol. The first kappa shape index (κ1) is 15.7. The third kappa shape index (κ3) is 3.58. The van der Waals surface area contributed by atoms with Crippen LogP contribution in [0.5, 0.6) is 11.5 Å². The van der Waals surface area contributed by atoms with Crippen molar-refractivity contribution < 1.29 is 24.2 Å². The van der Waals surface area contributed by atoms with Gasteiger partial charge in [0, 0.05) is 18.6 Å². The van der Waals surface area contributed by atoms with Crippen molar-refractivity contribution in [1.82, 2.24) is 0 Å². The maximum atomic E-state index is 11.0. The third-order valence-corrected chi connectivity index (χ3v) is 2.37. The minimum Gasteiger partial charge on any atom is -0.506 e. The molecule has 0 spiro atoms. The fraction of sp³-hybridized carbons (Fsp3) is 0.143. The molecule has 0 saturated carbocycles. The number of methoxy groups -OCH3 is 1. The highest BCUT2D eigenvalue weighted by molar-refractivity contribution is 5.88. The van der Waals surface area contributed by atoms with E-state index in [1.807, 2.05) is 0 Å². The highest BCUT2D eigenvalue weighted by Crippen LogP contribution is 2.33. The van der Waals surface area contributed by atoms with Crippen molar-refractivity contribution in [2.75, 3.05) is 7.11 Å². The van der Waals surface area contributed by atoms with Crippen LogP contribution in [0.3, 0.4) is 0 Å². The topological polar surface area (TPSA) is 120 Å². The molecule has 0 aliphatic carbocycles. The second-order valence-electron chi connectivity index (χ2n) is 3.74. The number of aromatic hydroxyl groups is 1. The molecule has 1 N–H and O–H groups in total. The molecule has 0 atom stereocenters. The lowest BCUT2D eigenvalue weighted by atomic mass is 10.0. The minimum atomic E-state index is -0.691. The van der Waals surface area contributed by atoms with Crippen molar-refractivity contribution in [1.29, 1.82) is 10.5 Å². The number of esters is 2. The molecule has 0 amide bonds. The number of hydrogen-bond acceptors (Lipinski definition) is 7. The van der Waals surface area contributed by atoms with Gasteiger partial charge in [0.1, 0.15) is 29.0 Å². The molecule has 0 fully saturated rings. The van der Waals surface area contributed by atoms with Gasteiger partial charge in [0.2, 0.25) is 0 Å². The maximum absolute atomic E-state index is 11.0. The molecule has 0 heterocycles. The van der Waals surface area contributed by atoms with E-state index in [0.717, 1.165) is 13.0 Å². The normalized spacial score (nSPS) is 9.71. The van der Waals surface area contributed by atoms with Crippen molar-refractivity contribution in [3.05, 3.63) is 28.8 Å². The number of carbonyl (C=O) groups excluding carboxylic acids is 2. The first-order chi connectivity index (χ1) is 9.94. The van der Waals surface area contributed by atoms with E-state index in [2.05, 4.69) is 4.74 Å². The second kappa shape index (κ2) is 6.73. The number of phenols is 1. The highest BCUT2D eigenvalue weighted by atomic mass is 16.5. The van der Waals surface area contributed by atoms with Crippen LogP contribution in [0.1, 0.15) is 23.6 Å². The van der Waals surface area contributed by atoms with Gasteiger partial charge in [0.25, 0.3) is 0 Å². The smallest absolute Gasteiger partial charge is 0.330 e. The first-order valence-corrected chi connectivity index (χ1v) is 5.59. The van der Waals surface area contributed by atoms with Crippen LogP contribution in [0.4, 0.5) is 0 Å². The molecule has 0 aromatic heterocycles. The van der Waals surface area contributed by atoms with Crippen LogP contribution >= 0.6 is 0 Å². The van der Waals surface area contributed by atoms with E-state index < -0.39 is 17.7 Å². The number of nitrogens with zero attached hydrogens (tertiary/aromatic N) is 2. The summed E-state index contributed by atoms with van der Waals surface area (Å²) in [5.74, 6) is -2.04. The Labute approximate surface area is 120 Å². The lowest BCUT2D eigenvalue weighted by Crippen LogP contribution is -2.05. The Morgan fingerprint density at radius 1 is 1.29 bits per heavy atom. The Morgan fingerprint density at radius 2 is 1.90 bits per heavy atom. The Kier molecular flexibility index (Phi) is 5.05. The molecule has 21 heavy (non-hydrogen) atoms. The number of hydrogen-bond donors (Lipinski definition) is 1. The van der Waals surface area contributed by atoms with Crippen LogP contribution in [0.2, 0.25) is 0 Å².